The molecule has 0 unspecified atom stereocenters. The molecule has 3 aromatic carbocycles. The summed E-state index contributed by atoms with van der Waals surface area (Å²) in [4.78, 5) is 0. The van der Waals surface area contributed by atoms with Crippen LogP contribution in [0.1, 0.15) is 22.3 Å². The van der Waals surface area contributed by atoms with E-state index in [-0.39, 0.29) is 0 Å². The summed E-state index contributed by atoms with van der Waals surface area (Å²) in [6.45, 7) is 5.12. The first-order chi connectivity index (χ1) is 13.5. The van der Waals surface area contributed by atoms with Crippen LogP contribution >= 0.6 is 23.2 Å². The van der Waals surface area contributed by atoms with Gasteiger partial charge in [-0.3, -0.25) is 0 Å². The van der Waals surface area contributed by atoms with Gasteiger partial charge in [-0.15, -0.1) is 0 Å². The molecule has 3 rings (SSSR count). The number of hydrogen-bond acceptors (Lipinski definition) is 3. The molecule has 3 aromatic rings. The summed E-state index contributed by atoms with van der Waals surface area (Å²) in [6, 6.07) is 17.6. The molecule has 0 bridgehead atoms. The minimum Gasteiger partial charge on any atom is -0.493 e. The fourth-order valence-electron chi connectivity index (χ4n) is 2.80. The van der Waals surface area contributed by atoms with E-state index in [0.29, 0.717) is 34.7 Å². The standard InChI is InChI=1S/C23H23Cl2NO2/c1-15-8-9-19(10-16(15)2)26-13-18-11-22(27-3)23(12-21(18)25)28-14-17-6-4-5-7-20(17)24/h4-12,26H,13-14H2,1-3H3. The molecule has 0 heterocycles. The summed E-state index contributed by atoms with van der Waals surface area (Å²) in [7, 11) is 1.62. The Bertz CT molecular complexity index is 973. The third-order valence-electron chi connectivity index (χ3n) is 4.66. The molecule has 1 N–H and O–H groups in total. The Hall–Kier alpha value is -2.36. The number of benzene rings is 3. The third kappa shape index (κ3) is 4.92. The predicted molar refractivity (Wildman–Crippen MR) is 117 cm³/mol. The van der Waals surface area contributed by atoms with Crippen molar-refractivity contribution >= 4 is 28.9 Å². The largest absolute Gasteiger partial charge is 0.493 e. The van der Waals surface area contributed by atoms with Crippen molar-refractivity contribution in [2.45, 2.75) is 27.0 Å². The Morgan fingerprint density at radius 2 is 1.61 bits per heavy atom. The number of halogens is 2. The van der Waals surface area contributed by atoms with Crippen molar-refractivity contribution in [2.24, 2.45) is 0 Å². The number of hydrogen-bond donors (Lipinski definition) is 1. The normalized spacial score (nSPS) is 10.6. The minimum absolute atomic E-state index is 0.340. The lowest BCUT2D eigenvalue weighted by Gasteiger charge is -2.15. The summed E-state index contributed by atoms with van der Waals surface area (Å²) in [5.74, 6) is 1.22. The van der Waals surface area contributed by atoms with Gasteiger partial charge in [-0.2, -0.15) is 0 Å². The maximum atomic E-state index is 6.49. The summed E-state index contributed by atoms with van der Waals surface area (Å²) in [5, 5.41) is 4.69. The average Bonchev–Trinajstić information content (AvgIpc) is 2.69. The quantitative estimate of drug-likeness (QED) is 0.459. The fourth-order valence-corrected chi connectivity index (χ4v) is 3.22. The highest BCUT2D eigenvalue weighted by Crippen LogP contribution is 2.34. The van der Waals surface area contributed by atoms with Crippen LogP contribution in [-0.4, -0.2) is 7.11 Å². The number of nitrogens with one attached hydrogen (secondary N) is 1. The van der Waals surface area contributed by atoms with Crippen molar-refractivity contribution in [3.8, 4) is 11.5 Å². The highest BCUT2D eigenvalue weighted by atomic mass is 35.5. The number of methoxy groups -OCH3 is 1. The highest BCUT2D eigenvalue weighted by molar-refractivity contribution is 6.31. The first-order valence-electron chi connectivity index (χ1n) is 9.01. The molecule has 0 aromatic heterocycles. The van der Waals surface area contributed by atoms with Gasteiger partial charge < -0.3 is 14.8 Å². The molecule has 0 aliphatic heterocycles. The summed E-state index contributed by atoms with van der Waals surface area (Å²) >= 11 is 12.7. The SMILES string of the molecule is COc1cc(CNc2ccc(C)c(C)c2)c(Cl)cc1OCc1ccccc1Cl. The van der Waals surface area contributed by atoms with Gasteiger partial charge >= 0.3 is 0 Å². The van der Waals surface area contributed by atoms with Crippen LogP contribution in [0.3, 0.4) is 0 Å². The van der Waals surface area contributed by atoms with Gasteiger partial charge in [-0.1, -0.05) is 47.5 Å². The van der Waals surface area contributed by atoms with E-state index in [2.05, 4.69) is 37.4 Å². The van der Waals surface area contributed by atoms with Crippen LogP contribution in [0.25, 0.3) is 0 Å². The first kappa shape index (κ1) is 20.4. The van der Waals surface area contributed by atoms with Gasteiger partial charge in [-0.05, 0) is 54.8 Å². The molecule has 3 nitrogen and oxygen atoms in total. The maximum Gasteiger partial charge on any atom is 0.163 e. The molecule has 0 spiro atoms. The fraction of sp³-hybridized carbons (Fsp3) is 0.217. The zero-order chi connectivity index (χ0) is 20.1. The van der Waals surface area contributed by atoms with Crippen LogP contribution < -0.4 is 14.8 Å². The van der Waals surface area contributed by atoms with Gasteiger partial charge in [0.25, 0.3) is 0 Å². The Kier molecular flexibility index (Phi) is 6.71. The zero-order valence-electron chi connectivity index (χ0n) is 16.2. The van der Waals surface area contributed by atoms with Crippen molar-refractivity contribution in [3.63, 3.8) is 0 Å². The predicted octanol–water partition coefficient (Wildman–Crippen LogP) is 6.81. The number of aryl methyl sites for hydroxylation is 2. The van der Waals surface area contributed by atoms with E-state index < -0.39 is 0 Å². The molecule has 0 saturated heterocycles. The maximum absolute atomic E-state index is 6.49. The molecule has 0 saturated carbocycles. The Balaban J connectivity index is 1.73. The van der Waals surface area contributed by atoms with E-state index >= 15 is 0 Å². The highest BCUT2D eigenvalue weighted by Gasteiger charge is 2.12. The van der Waals surface area contributed by atoms with Crippen LogP contribution in [-0.2, 0) is 13.2 Å². The van der Waals surface area contributed by atoms with Crippen LogP contribution in [0.5, 0.6) is 11.5 Å². The van der Waals surface area contributed by atoms with Crippen molar-refractivity contribution in [3.05, 3.63) is 86.9 Å². The van der Waals surface area contributed by atoms with E-state index in [0.717, 1.165) is 16.8 Å². The van der Waals surface area contributed by atoms with E-state index in [1.54, 1.807) is 13.2 Å². The van der Waals surface area contributed by atoms with Crippen molar-refractivity contribution in [1.29, 1.82) is 0 Å². The van der Waals surface area contributed by atoms with E-state index in [1.807, 2.05) is 30.3 Å². The van der Waals surface area contributed by atoms with Gasteiger partial charge in [-0.25, -0.2) is 0 Å². The lowest BCUT2D eigenvalue weighted by Crippen LogP contribution is -2.03. The Morgan fingerprint density at radius 3 is 2.32 bits per heavy atom. The van der Waals surface area contributed by atoms with Crippen LogP contribution in [0, 0.1) is 13.8 Å². The summed E-state index contributed by atoms with van der Waals surface area (Å²) in [6.07, 6.45) is 0. The smallest absolute Gasteiger partial charge is 0.163 e. The van der Waals surface area contributed by atoms with Crippen LogP contribution in [0.15, 0.2) is 54.6 Å². The molecule has 28 heavy (non-hydrogen) atoms. The van der Waals surface area contributed by atoms with E-state index in [4.69, 9.17) is 32.7 Å². The van der Waals surface area contributed by atoms with Gasteiger partial charge in [0.2, 0.25) is 0 Å². The Morgan fingerprint density at radius 1 is 0.821 bits per heavy atom. The van der Waals surface area contributed by atoms with Crippen molar-refractivity contribution in [1.82, 2.24) is 0 Å². The zero-order valence-corrected chi connectivity index (χ0v) is 17.7. The van der Waals surface area contributed by atoms with Crippen molar-refractivity contribution < 1.29 is 9.47 Å². The van der Waals surface area contributed by atoms with Gasteiger partial charge in [0.1, 0.15) is 6.61 Å². The second kappa shape index (κ2) is 9.22. The molecule has 0 amide bonds. The summed E-state index contributed by atoms with van der Waals surface area (Å²) < 4.78 is 11.4. The van der Waals surface area contributed by atoms with Crippen molar-refractivity contribution in [2.75, 3.05) is 12.4 Å². The van der Waals surface area contributed by atoms with Crippen LogP contribution in [0.4, 0.5) is 5.69 Å². The monoisotopic (exact) mass is 415 g/mol. The van der Waals surface area contributed by atoms with Gasteiger partial charge in [0, 0.05) is 33.9 Å². The minimum atomic E-state index is 0.340. The first-order valence-corrected chi connectivity index (χ1v) is 9.77. The Labute approximate surface area is 176 Å². The third-order valence-corrected chi connectivity index (χ3v) is 5.38. The van der Waals surface area contributed by atoms with Gasteiger partial charge in [0.05, 0.1) is 7.11 Å². The molecule has 0 fully saturated rings. The topological polar surface area (TPSA) is 30.5 Å². The molecule has 146 valence electrons. The molecule has 0 aliphatic rings. The molecular formula is C23H23Cl2NO2. The molecular weight excluding hydrogens is 393 g/mol. The van der Waals surface area contributed by atoms with Gasteiger partial charge in [0.15, 0.2) is 11.5 Å². The second-order valence-corrected chi connectivity index (χ2v) is 7.44. The lowest BCUT2D eigenvalue weighted by atomic mass is 10.1. The number of anilines is 1. The molecule has 0 radical (unpaired) electrons. The second-order valence-electron chi connectivity index (χ2n) is 6.63. The van der Waals surface area contributed by atoms with E-state index in [1.165, 1.54) is 11.1 Å². The number of rotatable bonds is 7. The molecule has 5 heteroatoms. The molecule has 0 atom stereocenters. The van der Waals surface area contributed by atoms with E-state index in [9.17, 15) is 0 Å². The lowest BCUT2D eigenvalue weighted by molar-refractivity contribution is 0.284. The molecule has 0 aliphatic carbocycles. The summed E-state index contributed by atoms with van der Waals surface area (Å²) in [5.41, 5.74) is 5.41. The average molecular weight is 416 g/mol. The number of ether oxygens (including phenoxy) is 2. The van der Waals surface area contributed by atoms with Crippen LogP contribution in [0.2, 0.25) is 10.0 Å².